The number of aliphatic hydroxyl groups is 1. The van der Waals surface area contributed by atoms with E-state index in [0.29, 0.717) is 17.7 Å². The predicted octanol–water partition coefficient (Wildman–Crippen LogP) is 1.21. The van der Waals surface area contributed by atoms with Crippen LogP contribution in [0.2, 0.25) is 0 Å². The van der Waals surface area contributed by atoms with Gasteiger partial charge in [-0.3, -0.25) is 0 Å². The number of rotatable bonds is 2. The van der Waals surface area contributed by atoms with Gasteiger partial charge < -0.3 is 10.1 Å². The molecule has 3 heteroatoms. The third kappa shape index (κ3) is 1.04. The van der Waals surface area contributed by atoms with E-state index in [9.17, 15) is 4.39 Å². The lowest BCUT2D eigenvalue weighted by Gasteiger charge is -1.94. The van der Waals surface area contributed by atoms with Crippen molar-refractivity contribution in [3.05, 3.63) is 23.3 Å². The first kappa shape index (κ1) is 7.28. The van der Waals surface area contributed by atoms with Gasteiger partial charge in [-0.1, -0.05) is 6.92 Å². The van der Waals surface area contributed by atoms with Crippen LogP contribution < -0.4 is 0 Å². The van der Waals surface area contributed by atoms with Crippen molar-refractivity contribution in [2.24, 2.45) is 0 Å². The van der Waals surface area contributed by atoms with Gasteiger partial charge in [0.25, 0.3) is 0 Å². The van der Waals surface area contributed by atoms with E-state index in [4.69, 9.17) is 5.11 Å². The number of H-pyrrole nitrogens is 1. The molecule has 0 atom stereocenters. The highest BCUT2D eigenvalue weighted by molar-refractivity contribution is 5.21. The second-order valence-electron chi connectivity index (χ2n) is 2.11. The Labute approximate surface area is 58.7 Å². The number of halogens is 1. The van der Waals surface area contributed by atoms with Gasteiger partial charge in [0.05, 0.1) is 6.61 Å². The Hall–Kier alpha value is -0.830. The summed E-state index contributed by atoms with van der Waals surface area (Å²) in [6, 6.07) is 0. The van der Waals surface area contributed by atoms with Crippen LogP contribution in [-0.4, -0.2) is 10.1 Å². The van der Waals surface area contributed by atoms with Crippen molar-refractivity contribution in [2.45, 2.75) is 20.0 Å². The topological polar surface area (TPSA) is 36.0 Å². The normalized spacial score (nSPS) is 10.3. The molecule has 0 bridgehead atoms. The summed E-state index contributed by atoms with van der Waals surface area (Å²) in [4.78, 5) is 2.65. The van der Waals surface area contributed by atoms with E-state index in [1.54, 1.807) is 0 Å². The molecule has 0 amide bonds. The van der Waals surface area contributed by atoms with Gasteiger partial charge in [0, 0.05) is 17.5 Å². The fourth-order valence-electron chi connectivity index (χ4n) is 0.992. The Morgan fingerprint density at radius 2 is 2.40 bits per heavy atom. The molecule has 0 aromatic carbocycles. The molecule has 1 heterocycles. The van der Waals surface area contributed by atoms with Crippen LogP contribution in [0.15, 0.2) is 6.20 Å². The van der Waals surface area contributed by atoms with Gasteiger partial charge in [0.15, 0.2) is 0 Å². The number of hydrogen-bond acceptors (Lipinski definition) is 1. The minimum atomic E-state index is -0.258. The highest BCUT2D eigenvalue weighted by Gasteiger charge is 2.06. The minimum absolute atomic E-state index is 0.118. The van der Waals surface area contributed by atoms with Gasteiger partial charge >= 0.3 is 0 Å². The highest BCUT2D eigenvalue weighted by atomic mass is 19.1. The Balaban J connectivity index is 3.01. The summed E-state index contributed by atoms with van der Waals surface area (Å²) < 4.78 is 12.7. The van der Waals surface area contributed by atoms with Crippen LogP contribution in [0, 0.1) is 5.82 Å². The maximum atomic E-state index is 12.7. The van der Waals surface area contributed by atoms with Crippen molar-refractivity contribution in [3.8, 4) is 0 Å². The molecule has 1 aromatic heterocycles. The summed E-state index contributed by atoms with van der Waals surface area (Å²) in [6.45, 7) is 1.73. The maximum Gasteiger partial charge on any atom is 0.144 e. The molecule has 1 rings (SSSR count). The average molecular weight is 143 g/mol. The van der Waals surface area contributed by atoms with E-state index in [2.05, 4.69) is 4.98 Å². The molecule has 0 aliphatic carbocycles. The fraction of sp³-hybridized carbons (Fsp3) is 0.429. The molecule has 0 radical (unpaired) electrons. The minimum Gasteiger partial charge on any atom is -0.390 e. The number of aromatic amines is 1. The van der Waals surface area contributed by atoms with Gasteiger partial charge in [-0.25, -0.2) is 4.39 Å². The maximum absolute atomic E-state index is 12.7. The fourth-order valence-corrected chi connectivity index (χ4v) is 0.992. The zero-order valence-corrected chi connectivity index (χ0v) is 5.82. The number of nitrogens with one attached hydrogen (secondary N) is 1. The number of hydrogen-bond donors (Lipinski definition) is 2. The molecule has 0 aliphatic heterocycles. The van der Waals surface area contributed by atoms with E-state index in [0.717, 1.165) is 0 Å². The first-order chi connectivity index (χ1) is 4.79. The van der Waals surface area contributed by atoms with Crippen molar-refractivity contribution >= 4 is 0 Å². The first-order valence-corrected chi connectivity index (χ1v) is 3.25. The summed E-state index contributed by atoms with van der Waals surface area (Å²) in [5, 5.41) is 8.66. The third-order valence-electron chi connectivity index (χ3n) is 1.54. The quantitative estimate of drug-likeness (QED) is 0.641. The summed E-state index contributed by atoms with van der Waals surface area (Å²) in [5.74, 6) is -0.258. The third-order valence-corrected chi connectivity index (χ3v) is 1.54. The summed E-state index contributed by atoms with van der Waals surface area (Å²) in [7, 11) is 0. The average Bonchev–Trinajstić information content (AvgIpc) is 2.30. The van der Waals surface area contributed by atoms with Crippen LogP contribution in [0.4, 0.5) is 4.39 Å². The highest BCUT2D eigenvalue weighted by Crippen LogP contribution is 2.12. The smallest absolute Gasteiger partial charge is 0.144 e. The Kier molecular flexibility index (Phi) is 2.06. The second-order valence-corrected chi connectivity index (χ2v) is 2.11. The Morgan fingerprint density at radius 3 is 2.80 bits per heavy atom. The standard InChI is InChI=1S/C7H10FNO/c1-2-5-6(8)3-9-7(5)4-10/h3,9-10H,2,4H2,1H3. The van der Waals surface area contributed by atoms with Crippen molar-refractivity contribution in [3.63, 3.8) is 0 Å². The zero-order chi connectivity index (χ0) is 7.56. The molecular formula is C7H10FNO. The van der Waals surface area contributed by atoms with Gasteiger partial charge in [-0.15, -0.1) is 0 Å². The lowest BCUT2D eigenvalue weighted by molar-refractivity contribution is 0.276. The SMILES string of the molecule is CCc1c(F)c[nH]c1CO. The Bertz CT molecular complexity index is 219. The van der Waals surface area contributed by atoms with Crippen molar-refractivity contribution < 1.29 is 9.50 Å². The van der Waals surface area contributed by atoms with Crippen molar-refractivity contribution in [1.82, 2.24) is 4.98 Å². The van der Waals surface area contributed by atoms with Crippen LogP contribution in [0.5, 0.6) is 0 Å². The van der Waals surface area contributed by atoms with Crippen LogP contribution in [0.1, 0.15) is 18.2 Å². The van der Waals surface area contributed by atoms with Gasteiger partial charge in [0.2, 0.25) is 0 Å². The molecule has 0 fully saturated rings. The molecule has 0 saturated heterocycles. The van der Waals surface area contributed by atoms with E-state index >= 15 is 0 Å². The molecule has 56 valence electrons. The molecule has 0 unspecified atom stereocenters. The van der Waals surface area contributed by atoms with Crippen molar-refractivity contribution in [1.29, 1.82) is 0 Å². The molecule has 10 heavy (non-hydrogen) atoms. The molecule has 0 spiro atoms. The van der Waals surface area contributed by atoms with Crippen LogP contribution in [-0.2, 0) is 13.0 Å². The largest absolute Gasteiger partial charge is 0.390 e. The molecule has 2 N–H and O–H groups in total. The molecule has 0 saturated carbocycles. The van der Waals surface area contributed by atoms with Gasteiger partial charge in [-0.05, 0) is 6.42 Å². The first-order valence-electron chi connectivity index (χ1n) is 3.25. The van der Waals surface area contributed by atoms with Crippen LogP contribution >= 0.6 is 0 Å². The van der Waals surface area contributed by atoms with Crippen LogP contribution in [0.25, 0.3) is 0 Å². The van der Waals surface area contributed by atoms with Gasteiger partial charge in [0.1, 0.15) is 5.82 Å². The van der Waals surface area contributed by atoms with Crippen molar-refractivity contribution in [2.75, 3.05) is 0 Å². The second kappa shape index (κ2) is 2.84. The predicted molar refractivity (Wildman–Crippen MR) is 36.1 cm³/mol. The number of aliphatic hydroxyl groups excluding tert-OH is 1. The monoisotopic (exact) mass is 143 g/mol. The summed E-state index contributed by atoms with van der Waals surface area (Å²) >= 11 is 0. The molecule has 2 nitrogen and oxygen atoms in total. The molecule has 1 aromatic rings. The lowest BCUT2D eigenvalue weighted by atomic mass is 10.2. The van der Waals surface area contributed by atoms with E-state index < -0.39 is 0 Å². The van der Waals surface area contributed by atoms with E-state index in [-0.39, 0.29) is 12.4 Å². The lowest BCUT2D eigenvalue weighted by Crippen LogP contribution is -1.90. The summed E-state index contributed by atoms with van der Waals surface area (Å²) in [6.07, 6.45) is 1.88. The van der Waals surface area contributed by atoms with Crippen LogP contribution in [0.3, 0.4) is 0 Å². The Morgan fingerprint density at radius 1 is 1.70 bits per heavy atom. The summed E-state index contributed by atoms with van der Waals surface area (Å²) in [5.41, 5.74) is 1.17. The van der Waals surface area contributed by atoms with E-state index in [1.165, 1.54) is 6.20 Å². The zero-order valence-electron chi connectivity index (χ0n) is 5.82. The number of aromatic nitrogens is 1. The van der Waals surface area contributed by atoms with E-state index in [1.807, 2.05) is 6.92 Å². The van der Waals surface area contributed by atoms with Gasteiger partial charge in [-0.2, -0.15) is 0 Å². The molecular weight excluding hydrogens is 133 g/mol. The molecule has 0 aliphatic rings.